The summed E-state index contributed by atoms with van der Waals surface area (Å²) >= 11 is 0. The van der Waals surface area contributed by atoms with Crippen LogP contribution >= 0.6 is 12.4 Å². The quantitative estimate of drug-likeness (QED) is 0.705. The summed E-state index contributed by atoms with van der Waals surface area (Å²) in [6, 6.07) is 17.3. The van der Waals surface area contributed by atoms with Crippen LogP contribution in [0.25, 0.3) is 0 Å². The molecule has 0 bridgehead atoms. The molecule has 5 nitrogen and oxygen atoms in total. The van der Waals surface area contributed by atoms with Crippen LogP contribution in [-0.2, 0) is 11.4 Å². The van der Waals surface area contributed by atoms with E-state index in [0.717, 1.165) is 18.4 Å². The van der Waals surface area contributed by atoms with Crippen molar-refractivity contribution in [3.8, 4) is 11.5 Å². The summed E-state index contributed by atoms with van der Waals surface area (Å²) in [6.07, 6.45) is 2.28. The van der Waals surface area contributed by atoms with Gasteiger partial charge in [0, 0.05) is 12.6 Å². The van der Waals surface area contributed by atoms with E-state index < -0.39 is 0 Å². The van der Waals surface area contributed by atoms with Crippen LogP contribution in [0, 0.1) is 5.92 Å². The molecule has 3 rings (SSSR count). The lowest BCUT2D eigenvalue weighted by atomic mass is 10.2. The van der Waals surface area contributed by atoms with Gasteiger partial charge in [-0.2, -0.15) is 0 Å². The molecule has 1 atom stereocenters. The van der Waals surface area contributed by atoms with Crippen molar-refractivity contribution in [3.05, 3.63) is 60.2 Å². The highest BCUT2D eigenvalue weighted by atomic mass is 35.5. The van der Waals surface area contributed by atoms with E-state index in [4.69, 9.17) is 15.2 Å². The van der Waals surface area contributed by atoms with Crippen molar-refractivity contribution in [1.82, 2.24) is 5.32 Å². The molecular weight excluding hydrogens is 352 g/mol. The van der Waals surface area contributed by atoms with Gasteiger partial charge in [0.1, 0.15) is 6.61 Å². The lowest BCUT2D eigenvalue weighted by Gasteiger charge is -2.17. The largest absolute Gasteiger partial charge is 0.485 e. The van der Waals surface area contributed by atoms with Gasteiger partial charge < -0.3 is 20.5 Å². The molecule has 26 heavy (non-hydrogen) atoms. The van der Waals surface area contributed by atoms with E-state index in [2.05, 4.69) is 5.32 Å². The van der Waals surface area contributed by atoms with E-state index >= 15 is 0 Å². The second-order valence-corrected chi connectivity index (χ2v) is 6.26. The SMILES string of the molecule is Cl.NCC(NC(=O)COc1ccccc1OCc1ccccc1)C1CC1. The van der Waals surface area contributed by atoms with E-state index in [1.54, 1.807) is 6.07 Å². The predicted molar refractivity (Wildman–Crippen MR) is 104 cm³/mol. The van der Waals surface area contributed by atoms with E-state index in [9.17, 15) is 4.79 Å². The van der Waals surface area contributed by atoms with Crippen molar-refractivity contribution in [1.29, 1.82) is 0 Å². The first-order valence-electron chi connectivity index (χ1n) is 8.64. The summed E-state index contributed by atoms with van der Waals surface area (Å²) in [6.45, 7) is 0.868. The highest BCUT2D eigenvalue weighted by Gasteiger charge is 2.31. The summed E-state index contributed by atoms with van der Waals surface area (Å²) < 4.78 is 11.5. The molecule has 1 saturated carbocycles. The Labute approximate surface area is 160 Å². The number of rotatable bonds is 9. The smallest absolute Gasteiger partial charge is 0.258 e. The lowest BCUT2D eigenvalue weighted by Crippen LogP contribution is -2.43. The summed E-state index contributed by atoms with van der Waals surface area (Å²) in [7, 11) is 0. The lowest BCUT2D eigenvalue weighted by molar-refractivity contribution is -0.123. The number of ether oxygens (including phenoxy) is 2. The van der Waals surface area contributed by atoms with Gasteiger partial charge in [0.2, 0.25) is 0 Å². The number of carbonyl (C=O) groups is 1. The van der Waals surface area contributed by atoms with Crippen molar-refractivity contribution in [2.45, 2.75) is 25.5 Å². The first-order valence-corrected chi connectivity index (χ1v) is 8.64. The number of amides is 1. The van der Waals surface area contributed by atoms with Crippen LogP contribution in [0.5, 0.6) is 11.5 Å². The molecule has 0 saturated heterocycles. The average Bonchev–Trinajstić information content (AvgIpc) is 3.49. The van der Waals surface area contributed by atoms with Gasteiger partial charge in [0.05, 0.1) is 0 Å². The number of carbonyl (C=O) groups excluding carboxylic acids is 1. The second-order valence-electron chi connectivity index (χ2n) is 6.26. The number of nitrogens with one attached hydrogen (secondary N) is 1. The Morgan fingerprint density at radius 3 is 2.27 bits per heavy atom. The molecule has 0 aromatic heterocycles. The van der Waals surface area contributed by atoms with Gasteiger partial charge in [-0.25, -0.2) is 0 Å². The molecule has 1 fully saturated rings. The van der Waals surface area contributed by atoms with E-state index in [1.807, 2.05) is 48.5 Å². The topological polar surface area (TPSA) is 73.6 Å². The monoisotopic (exact) mass is 376 g/mol. The zero-order valence-electron chi connectivity index (χ0n) is 14.6. The first-order chi connectivity index (χ1) is 12.3. The number of benzene rings is 2. The fourth-order valence-corrected chi connectivity index (χ4v) is 2.68. The van der Waals surface area contributed by atoms with E-state index in [0.29, 0.717) is 30.6 Å². The molecule has 0 spiro atoms. The van der Waals surface area contributed by atoms with Gasteiger partial charge in [0.25, 0.3) is 5.91 Å². The van der Waals surface area contributed by atoms with Crippen LogP contribution in [0.15, 0.2) is 54.6 Å². The number of para-hydroxylation sites is 2. The molecule has 1 unspecified atom stereocenters. The minimum Gasteiger partial charge on any atom is -0.485 e. The Balaban J connectivity index is 0.00000243. The zero-order chi connectivity index (χ0) is 17.5. The van der Waals surface area contributed by atoms with Gasteiger partial charge in [-0.3, -0.25) is 4.79 Å². The maximum atomic E-state index is 12.1. The van der Waals surface area contributed by atoms with Crippen LogP contribution in [-0.4, -0.2) is 25.1 Å². The van der Waals surface area contributed by atoms with Gasteiger partial charge in [-0.05, 0) is 36.5 Å². The van der Waals surface area contributed by atoms with Crippen molar-refractivity contribution in [2.24, 2.45) is 11.7 Å². The van der Waals surface area contributed by atoms with Crippen molar-refractivity contribution < 1.29 is 14.3 Å². The van der Waals surface area contributed by atoms with Crippen LogP contribution < -0.4 is 20.5 Å². The van der Waals surface area contributed by atoms with Crippen LogP contribution in [0.3, 0.4) is 0 Å². The minimum atomic E-state index is -0.153. The molecule has 0 aliphatic heterocycles. The molecule has 0 radical (unpaired) electrons. The summed E-state index contributed by atoms with van der Waals surface area (Å²) in [5, 5.41) is 2.95. The summed E-state index contributed by atoms with van der Waals surface area (Å²) in [4.78, 5) is 12.1. The molecule has 2 aromatic carbocycles. The predicted octanol–water partition coefficient (Wildman–Crippen LogP) is 2.92. The Hall–Kier alpha value is -2.24. The Bertz CT molecular complexity index is 692. The normalized spacial score (nSPS) is 14.0. The standard InChI is InChI=1S/C20H24N2O3.ClH/c21-12-17(16-10-11-16)22-20(23)14-25-19-9-5-4-8-18(19)24-13-15-6-2-1-3-7-15;/h1-9,16-17H,10-14,21H2,(H,22,23);1H. The van der Waals surface area contributed by atoms with Crippen LogP contribution in [0.1, 0.15) is 18.4 Å². The molecular formula is C20H25ClN2O3. The second kappa shape index (κ2) is 10.0. The van der Waals surface area contributed by atoms with E-state index in [-0.39, 0.29) is 31.0 Å². The summed E-state index contributed by atoms with van der Waals surface area (Å²) in [5.74, 6) is 1.55. The zero-order valence-corrected chi connectivity index (χ0v) is 15.4. The van der Waals surface area contributed by atoms with Gasteiger partial charge in [-0.1, -0.05) is 42.5 Å². The average molecular weight is 377 g/mol. The maximum absolute atomic E-state index is 12.1. The van der Waals surface area contributed by atoms with Gasteiger partial charge in [0.15, 0.2) is 18.1 Å². The number of hydrogen-bond acceptors (Lipinski definition) is 4. The first kappa shape index (κ1) is 20.1. The molecule has 0 heterocycles. The van der Waals surface area contributed by atoms with Crippen molar-refractivity contribution in [2.75, 3.05) is 13.2 Å². The Morgan fingerprint density at radius 2 is 1.65 bits per heavy atom. The number of halogens is 1. The number of hydrogen-bond donors (Lipinski definition) is 2. The molecule has 140 valence electrons. The summed E-state index contributed by atoms with van der Waals surface area (Å²) in [5.41, 5.74) is 6.79. The fourth-order valence-electron chi connectivity index (χ4n) is 2.68. The van der Waals surface area contributed by atoms with Crippen molar-refractivity contribution >= 4 is 18.3 Å². The maximum Gasteiger partial charge on any atom is 0.258 e. The molecule has 3 N–H and O–H groups in total. The van der Waals surface area contributed by atoms with Gasteiger partial charge >= 0.3 is 0 Å². The fraction of sp³-hybridized carbons (Fsp3) is 0.350. The third kappa shape index (κ3) is 5.93. The number of nitrogens with two attached hydrogens (primary N) is 1. The van der Waals surface area contributed by atoms with Crippen molar-refractivity contribution in [3.63, 3.8) is 0 Å². The Morgan fingerprint density at radius 1 is 1.04 bits per heavy atom. The molecule has 2 aromatic rings. The molecule has 1 aliphatic carbocycles. The molecule has 6 heteroatoms. The third-order valence-corrected chi connectivity index (χ3v) is 4.24. The van der Waals surface area contributed by atoms with Gasteiger partial charge in [-0.15, -0.1) is 12.4 Å². The van der Waals surface area contributed by atoms with Crippen LogP contribution in [0.2, 0.25) is 0 Å². The molecule has 1 aliphatic rings. The third-order valence-electron chi connectivity index (χ3n) is 4.24. The highest BCUT2D eigenvalue weighted by molar-refractivity contribution is 5.85. The minimum absolute atomic E-state index is 0. The highest BCUT2D eigenvalue weighted by Crippen LogP contribution is 2.32. The van der Waals surface area contributed by atoms with Crippen LogP contribution in [0.4, 0.5) is 0 Å². The Kier molecular flexibility index (Phi) is 7.75. The van der Waals surface area contributed by atoms with E-state index in [1.165, 1.54) is 0 Å². The molecule has 1 amide bonds.